The molecule has 1 aliphatic heterocycles. The first-order chi connectivity index (χ1) is 12.1. The maximum atomic E-state index is 14.0. The number of carbonyl (C=O) groups excluding carboxylic acids is 1. The molecule has 0 spiro atoms. The smallest absolute Gasteiger partial charge is 0.308 e. The topological polar surface area (TPSA) is 77.7 Å². The molecule has 0 aromatic heterocycles. The number of nitrogens with zero attached hydrogens (tertiary/aromatic N) is 3. The minimum absolute atomic E-state index is 0.0694. The Morgan fingerprint density at radius 3 is 2.76 bits per heavy atom. The van der Waals surface area contributed by atoms with Gasteiger partial charge in [0.25, 0.3) is 0 Å². The van der Waals surface area contributed by atoms with Crippen LogP contribution in [0.5, 0.6) is 0 Å². The molecule has 2 rings (SSSR count). The van der Waals surface area contributed by atoms with Gasteiger partial charge in [-0.25, -0.2) is 9.38 Å². The van der Waals surface area contributed by atoms with Gasteiger partial charge in [0.2, 0.25) is 0 Å². The molecule has 0 saturated carbocycles. The number of methoxy groups -OCH3 is 1. The third-order valence-corrected chi connectivity index (χ3v) is 4.25. The highest BCUT2D eigenvalue weighted by Crippen LogP contribution is 2.19. The van der Waals surface area contributed by atoms with Crippen LogP contribution < -0.4 is 5.32 Å². The van der Waals surface area contributed by atoms with Crippen LogP contribution in [0.2, 0.25) is 0 Å². The summed E-state index contributed by atoms with van der Waals surface area (Å²) in [6.07, 6.45) is 1.42. The van der Waals surface area contributed by atoms with Crippen LogP contribution in [0.4, 0.5) is 4.39 Å². The molecule has 0 unspecified atom stereocenters. The number of piperidine rings is 1. The number of likely N-dealkylation sites (tertiary alicyclic amines) is 1. The van der Waals surface area contributed by atoms with Gasteiger partial charge in [-0.1, -0.05) is 6.07 Å². The van der Waals surface area contributed by atoms with Gasteiger partial charge in [-0.15, -0.1) is 0 Å². The Labute approximate surface area is 147 Å². The Morgan fingerprint density at radius 1 is 1.48 bits per heavy atom. The molecule has 1 heterocycles. The monoisotopic (exact) mass is 346 g/mol. The van der Waals surface area contributed by atoms with Gasteiger partial charge in [0, 0.05) is 25.2 Å². The van der Waals surface area contributed by atoms with Crippen LogP contribution in [-0.4, -0.2) is 43.6 Å². The zero-order valence-corrected chi connectivity index (χ0v) is 14.6. The van der Waals surface area contributed by atoms with Crippen molar-refractivity contribution in [2.45, 2.75) is 26.3 Å². The Bertz CT molecular complexity index is 676. The van der Waals surface area contributed by atoms with Crippen molar-refractivity contribution in [2.75, 3.05) is 26.7 Å². The molecule has 1 aromatic rings. The number of ether oxygens (including phenoxy) is 1. The van der Waals surface area contributed by atoms with E-state index in [0.29, 0.717) is 49.6 Å². The number of halogens is 1. The summed E-state index contributed by atoms with van der Waals surface area (Å²) in [5.74, 6) is 0.0407. The lowest BCUT2D eigenvalue weighted by Gasteiger charge is -2.33. The van der Waals surface area contributed by atoms with Crippen molar-refractivity contribution in [2.24, 2.45) is 10.9 Å². The Kier molecular flexibility index (Phi) is 6.75. The number of nitriles is 1. The fraction of sp³-hybridized carbons (Fsp3) is 0.500. The molecule has 0 amide bonds. The molecule has 1 aromatic carbocycles. The maximum Gasteiger partial charge on any atom is 0.308 e. The summed E-state index contributed by atoms with van der Waals surface area (Å²) < 4.78 is 18.8. The van der Waals surface area contributed by atoms with Crippen molar-refractivity contribution in [3.63, 3.8) is 0 Å². The highest BCUT2D eigenvalue weighted by atomic mass is 19.1. The number of hydrogen-bond donors (Lipinski definition) is 1. The number of esters is 1. The summed E-state index contributed by atoms with van der Waals surface area (Å²) in [7, 11) is 1.41. The highest BCUT2D eigenvalue weighted by molar-refractivity contribution is 5.80. The van der Waals surface area contributed by atoms with Crippen LogP contribution in [0.3, 0.4) is 0 Å². The minimum Gasteiger partial charge on any atom is -0.469 e. The van der Waals surface area contributed by atoms with Crippen LogP contribution in [0.15, 0.2) is 23.2 Å². The standard InChI is InChI=1S/C18H23FN4O2/c1-3-21-18(23-8-6-14(7-9-23)17(24)25-2)22-12-15-5-4-13(11-20)10-16(15)19/h4-5,10,14H,3,6-9,12H2,1-2H3,(H,21,22). The molecule has 7 heteroatoms. The van der Waals surface area contributed by atoms with Gasteiger partial charge in [-0.05, 0) is 31.9 Å². The van der Waals surface area contributed by atoms with Gasteiger partial charge >= 0.3 is 5.97 Å². The average Bonchev–Trinajstić information content (AvgIpc) is 2.65. The van der Waals surface area contributed by atoms with Crippen LogP contribution in [-0.2, 0) is 16.1 Å². The van der Waals surface area contributed by atoms with Crippen molar-refractivity contribution in [3.8, 4) is 6.07 Å². The van der Waals surface area contributed by atoms with E-state index in [1.807, 2.05) is 13.0 Å². The van der Waals surface area contributed by atoms with Crippen molar-refractivity contribution in [3.05, 3.63) is 35.1 Å². The Morgan fingerprint density at radius 2 is 2.20 bits per heavy atom. The zero-order valence-electron chi connectivity index (χ0n) is 14.6. The highest BCUT2D eigenvalue weighted by Gasteiger charge is 2.26. The summed E-state index contributed by atoms with van der Waals surface area (Å²) in [6, 6.07) is 6.31. The van der Waals surface area contributed by atoms with E-state index in [-0.39, 0.29) is 18.4 Å². The number of guanidine groups is 1. The Balaban J connectivity index is 2.04. The molecule has 1 saturated heterocycles. The zero-order chi connectivity index (χ0) is 18.2. The first-order valence-electron chi connectivity index (χ1n) is 8.38. The van der Waals surface area contributed by atoms with E-state index >= 15 is 0 Å². The second-order valence-electron chi connectivity index (χ2n) is 5.87. The van der Waals surface area contributed by atoms with E-state index in [9.17, 15) is 9.18 Å². The third-order valence-electron chi connectivity index (χ3n) is 4.25. The molecule has 0 bridgehead atoms. The second-order valence-corrected chi connectivity index (χ2v) is 5.87. The fourth-order valence-electron chi connectivity index (χ4n) is 2.82. The number of rotatable bonds is 4. The van der Waals surface area contributed by atoms with Crippen LogP contribution in [0, 0.1) is 23.1 Å². The van der Waals surface area contributed by atoms with Gasteiger partial charge in [0.15, 0.2) is 5.96 Å². The predicted octanol–water partition coefficient (Wildman–Crippen LogP) is 2.05. The molecule has 0 atom stereocenters. The molecule has 0 aliphatic carbocycles. The number of aliphatic imine (C=N–C) groups is 1. The normalized spacial score (nSPS) is 15.6. The molecule has 134 valence electrons. The summed E-state index contributed by atoms with van der Waals surface area (Å²) in [5, 5.41) is 12.0. The molecule has 1 aliphatic rings. The van der Waals surface area contributed by atoms with Gasteiger partial charge in [-0.2, -0.15) is 5.26 Å². The van der Waals surface area contributed by atoms with Gasteiger partial charge in [-0.3, -0.25) is 4.79 Å². The maximum absolute atomic E-state index is 14.0. The van der Waals surface area contributed by atoms with E-state index in [1.54, 1.807) is 12.1 Å². The van der Waals surface area contributed by atoms with Crippen molar-refractivity contribution in [1.82, 2.24) is 10.2 Å². The number of nitrogens with one attached hydrogen (secondary N) is 1. The van der Waals surface area contributed by atoms with E-state index in [4.69, 9.17) is 10.00 Å². The lowest BCUT2D eigenvalue weighted by Crippen LogP contribution is -2.46. The largest absolute Gasteiger partial charge is 0.469 e. The summed E-state index contributed by atoms with van der Waals surface area (Å²) in [6.45, 7) is 4.25. The fourth-order valence-corrected chi connectivity index (χ4v) is 2.82. The lowest BCUT2D eigenvalue weighted by molar-refractivity contribution is -0.146. The summed E-state index contributed by atoms with van der Waals surface area (Å²) >= 11 is 0. The van der Waals surface area contributed by atoms with Crippen LogP contribution >= 0.6 is 0 Å². The van der Waals surface area contributed by atoms with Gasteiger partial charge in [0.05, 0.1) is 31.2 Å². The summed E-state index contributed by atoms with van der Waals surface area (Å²) in [4.78, 5) is 18.2. The molecule has 1 N–H and O–H groups in total. The quantitative estimate of drug-likeness (QED) is 0.513. The second kappa shape index (κ2) is 9.02. The van der Waals surface area contributed by atoms with E-state index in [2.05, 4.69) is 15.2 Å². The summed E-state index contributed by atoms with van der Waals surface area (Å²) in [5.41, 5.74) is 0.737. The molecule has 6 nitrogen and oxygen atoms in total. The molecular formula is C18H23FN4O2. The molecule has 1 fully saturated rings. The van der Waals surface area contributed by atoms with Gasteiger partial charge in [0.1, 0.15) is 5.82 Å². The van der Waals surface area contributed by atoms with Crippen LogP contribution in [0.25, 0.3) is 0 Å². The molecule has 0 radical (unpaired) electrons. The van der Waals surface area contributed by atoms with Crippen LogP contribution in [0.1, 0.15) is 30.9 Å². The number of carbonyl (C=O) groups is 1. The minimum atomic E-state index is -0.428. The van der Waals surface area contributed by atoms with E-state index in [1.165, 1.54) is 13.2 Å². The predicted molar refractivity (Wildman–Crippen MR) is 92.2 cm³/mol. The third kappa shape index (κ3) is 4.92. The van der Waals surface area contributed by atoms with Gasteiger partial charge < -0.3 is 15.0 Å². The molecule has 25 heavy (non-hydrogen) atoms. The van der Waals surface area contributed by atoms with E-state index in [0.717, 1.165) is 0 Å². The van der Waals surface area contributed by atoms with Crippen molar-refractivity contribution >= 4 is 11.9 Å². The molecular weight excluding hydrogens is 323 g/mol. The number of benzene rings is 1. The average molecular weight is 346 g/mol. The van der Waals surface area contributed by atoms with E-state index < -0.39 is 5.82 Å². The van der Waals surface area contributed by atoms with Crippen molar-refractivity contribution in [1.29, 1.82) is 5.26 Å². The first-order valence-corrected chi connectivity index (χ1v) is 8.38. The number of hydrogen-bond acceptors (Lipinski definition) is 4. The SMILES string of the molecule is CCNC(=NCc1ccc(C#N)cc1F)N1CCC(C(=O)OC)CC1. The lowest BCUT2D eigenvalue weighted by atomic mass is 9.97. The Hall–Kier alpha value is -2.62. The van der Waals surface area contributed by atoms with Crippen molar-refractivity contribution < 1.29 is 13.9 Å². The first kappa shape index (κ1) is 18.7.